The number of nitrogens with one attached hydrogen (secondary N) is 1. The predicted octanol–water partition coefficient (Wildman–Crippen LogP) is 4.60. The number of hydrogen-bond acceptors (Lipinski definition) is 1. The lowest BCUT2D eigenvalue weighted by Gasteiger charge is -2.09. The molecular weight excluding hydrogens is 279 g/mol. The summed E-state index contributed by atoms with van der Waals surface area (Å²) in [4.78, 5) is 11.9. The molecule has 0 bridgehead atoms. The molecule has 1 amide bonds. The van der Waals surface area contributed by atoms with Crippen LogP contribution in [0, 0.1) is 0 Å². The van der Waals surface area contributed by atoms with Gasteiger partial charge < -0.3 is 5.32 Å². The van der Waals surface area contributed by atoms with Gasteiger partial charge in [0.1, 0.15) is 0 Å². The topological polar surface area (TPSA) is 29.1 Å². The van der Waals surface area contributed by atoms with Crippen molar-refractivity contribution >= 4 is 17.7 Å². The molecule has 0 unspecified atom stereocenters. The van der Waals surface area contributed by atoms with Gasteiger partial charge in [-0.3, -0.25) is 4.79 Å². The van der Waals surface area contributed by atoms with Crippen molar-refractivity contribution in [3.05, 3.63) is 71.8 Å². The Kier molecular flexibility index (Phi) is 4.12. The number of carbonyl (C=O) groups is 1. The molecule has 0 aromatic heterocycles. The molecule has 1 N–H and O–H groups in total. The number of alkyl halides is 3. The second-order valence-electron chi connectivity index (χ2n) is 4.36. The lowest BCUT2D eigenvalue weighted by atomic mass is 10.1. The number of anilines is 1. The smallest absolute Gasteiger partial charge is 0.322 e. The van der Waals surface area contributed by atoms with Gasteiger partial charge in [-0.1, -0.05) is 24.8 Å². The first kappa shape index (κ1) is 14.8. The van der Waals surface area contributed by atoms with Gasteiger partial charge in [0.15, 0.2) is 0 Å². The first-order chi connectivity index (χ1) is 9.90. The van der Waals surface area contributed by atoms with Crippen molar-refractivity contribution in [3.63, 3.8) is 0 Å². The molecule has 0 aliphatic rings. The highest BCUT2D eigenvalue weighted by atomic mass is 19.4. The fourth-order valence-electron chi connectivity index (χ4n) is 1.72. The van der Waals surface area contributed by atoms with E-state index in [1.54, 1.807) is 30.3 Å². The van der Waals surface area contributed by atoms with Gasteiger partial charge in [0, 0.05) is 11.3 Å². The summed E-state index contributed by atoms with van der Waals surface area (Å²) >= 11 is 0. The maximum atomic E-state index is 12.4. The SMILES string of the molecule is C=Cc1ccc(C(=O)Nc2ccc(C(F)(F)F)cc2)cc1. The van der Waals surface area contributed by atoms with Crippen LogP contribution in [0.5, 0.6) is 0 Å². The van der Waals surface area contributed by atoms with E-state index < -0.39 is 11.7 Å². The summed E-state index contributed by atoms with van der Waals surface area (Å²) in [7, 11) is 0. The number of benzene rings is 2. The van der Waals surface area contributed by atoms with E-state index in [0.717, 1.165) is 17.7 Å². The van der Waals surface area contributed by atoms with Gasteiger partial charge in [-0.25, -0.2) is 0 Å². The van der Waals surface area contributed by atoms with Crippen molar-refractivity contribution in [2.45, 2.75) is 6.18 Å². The van der Waals surface area contributed by atoms with Gasteiger partial charge in [0.2, 0.25) is 0 Å². The van der Waals surface area contributed by atoms with Crippen molar-refractivity contribution in [2.75, 3.05) is 5.32 Å². The van der Waals surface area contributed by atoms with Crippen LogP contribution < -0.4 is 5.32 Å². The third-order valence-electron chi connectivity index (χ3n) is 2.88. The van der Waals surface area contributed by atoms with Gasteiger partial charge in [-0.2, -0.15) is 13.2 Å². The molecule has 21 heavy (non-hydrogen) atoms. The molecule has 0 aliphatic heterocycles. The Morgan fingerprint density at radius 2 is 1.57 bits per heavy atom. The minimum absolute atomic E-state index is 0.306. The van der Waals surface area contributed by atoms with Crippen molar-refractivity contribution < 1.29 is 18.0 Å². The Balaban J connectivity index is 2.10. The number of hydrogen-bond donors (Lipinski definition) is 1. The highest BCUT2D eigenvalue weighted by Gasteiger charge is 2.29. The van der Waals surface area contributed by atoms with E-state index in [4.69, 9.17) is 0 Å². The van der Waals surface area contributed by atoms with E-state index in [2.05, 4.69) is 11.9 Å². The molecular formula is C16H12F3NO. The third-order valence-corrected chi connectivity index (χ3v) is 2.88. The van der Waals surface area contributed by atoms with Gasteiger partial charge in [-0.05, 0) is 42.0 Å². The van der Waals surface area contributed by atoms with Gasteiger partial charge in [0.05, 0.1) is 5.56 Å². The third kappa shape index (κ3) is 3.72. The molecule has 108 valence electrons. The molecule has 2 rings (SSSR count). The zero-order chi connectivity index (χ0) is 15.5. The van der Waals surface area contributed by atoms with E-state index in [9.17, 15) is 18.0 Å². The standard InChI is InChI=1S/C16H12F3NO/c1-2-11-3-5-12(6-4-11)15(21)20-14-9-7-13(8-10-14)16(17,18)19/h2-10H,1H2,(H,20,21). The zero-order valence-electron chi connectivity index (χ0n) is 10.9. The van der Waals surface area contributed by atoms with E-state index >= 15 is 0 Å². The van der Waals surface area contributed by atoms with Gasteiger partial charge in [0.25, 0.3) is 5.91 Å². The average Bonchev–Trinajstić information content (AvgIpc) is 2.47. The number of rotatable bonds is 3. The molecule has 0 saturated carbocycles. The normalized spacial score (nSPS) is 11.0. The van der Waals surface area contributed by atoms with E-state index in [-0.39, 0.29) is 5.91 Å². The molecule has 2 nitrogen and oxygen atoms in total. The van der Waals surface area contributed by atoms with Gasteiger partial charge in [-0.15, -0.1) is 0 Å². The van der Waals surface area contributed by atoms with Crippen molar-refractivity contribution in [2.24, 2.45) is 0 Å². The van der Waals surface area contributed by atoms with Crippen molar-refractivity contribution in [3.8, 4) is 0 Å². The summed E-state index contributed by atoms with van der Waals surface area (Å²) in [6.45, 7) is 3.61. The molecule has 2 aromatic rings. The number of halogens is 3. The Morgan fingerprint density at radius 1 is 1.00 bits per heavy atom. The molecule has 0 atom stereocenters. The van der Waals surface area contributed by atoms with Crippen LogP contribution >= 0.6 is 0 Å². The van der Waals surface area contributed by atoms with Crippen LogP contribution in [-0.4, -0.2) is 5.91 Å². The molecule has 0 aliphatic carbocycles. The fraction of sp³-hybridized carbons (Fsp3) is 0.0625. The molecule has 0 saturated heterocycles. The Hall–Kier alpha value is -2.56. The maximum absolute atomic E-state index is 12.4. The lowest BCUT2D eigenvalue weighted by Crippen LogP contribution is -2.12. The highest BCUT2D eigenvalue weighted by Crippen LogP contribution is 2.29. The van der Waals surface area contributed by atoms with Crippen LogP contribution in [0.3, 0.4) is 0 Å². The lowest BCUT2D eigenvalue weighted by molar-refractivity contribution is -0.137. The quantitative estimate of drug-likeness (QED) is 0.879. The van der Waals surface area contributed by atoms with Crippen LogP contribution in [0.15, 0.2) is 55.1 Å². The van der Waals surface area contributed by atoms with Crippen LogP contribution in [0.25, 0.3) is 6.08 Å². The van der Waals surface area contributed by atoms with Crippen LogP contribution in [0.2, 0.25) is 0 Å². The van der Waals surface area contributed by atoms with E-state index in [1.165, 1.54) is 12.1 Å². The number of carbonyl (C=O) groups excluding carboxylic acids is 1. The van der Waals surface area contributed by atoms with Crippen molar-refractivity contribution in [1.29, 1.82) is 0 Å². The van der Waals surface area contributed by atoms with Crippen LogP contribution in [0.4, 0.5) is 18.9 Å². The Morgan fingerprint density at radius 3 is 2.05 bits per heavy atom. The molecule has 5 heteroatoms. The molecule has 0 fully saturated rings. The molecule has 0 spiro atoms. The summed E-state index contributed by atoms with van der Waals surface area (Å²) in [5.41, 5.74) is 0.846. The maximum Gasteiger partial charge on any atom is 0.416 e. The summed E-state index contributed by atoms with van der Waals surface area (Å²) in [5.74, 6) is -0.384. The molecule has 0 heterocycles. The number of amides is 1. The first-order valence-electron chi connectivity index (χ1n) is 6.11. The second kappa shape index (κ2) is 5.83. The predicted molar refractivity (Wildman–Crippen MR) is 75.9 cm³/mol. The van der Waals surface area contributed by atoms with Crippen LogP contribution in [-0.2, 0) is 6.18 Å². The van der Waals surface area contributed by atoms with E-state index in [1.807, 2.05) is 0 Å². The molecule has 2 aromatic carbocycles. The minimum atomic E-state index is -4.39. The largest absolute Gasteiger partial charge is 0.416 e. The minimum Gasteiger partial charge on any atom is -0.322 e. The Labute approximate surface area is 119 Å². The van der Waals surface area contributed by atoms with E-state index in [0.29, 0.717) is 11.3 Å². The van der Waals surface area contributed by atoms with Crippen LogP contribution in [0.1, 0.15) is 21.5 Å². The highest BCUT2D eigenvalue weighted by molar-refractivity contribution is 6.04. The summed E-state index contributed by atoms with van der Waals surface area (Å²) in [6.07, 6.45) is -2.74. The first-order valence-corrected chi connectivity index (χ1v) is 6.11. The average molecular weight is 291 g/mol. The monoisotopic (exact) mass is 291 g/mol. The molecule has 0 radical (unpaired) electrons. The van der Waals surface area contributed by atoms with Crippen molar-refractivity contribution in [1.82, 2.24) is 0 Å². The summed E-state index contributed by atoms with van der Waals surface area (Å²) in [6, 6.07) is 11.0. The zero-order valence-corrected chi connectivity index (χ0v) is 10.9. The fourth-order valence-corrected chi connectivity index (χ4v) is 1.72. The summed E-state index contributed by atoms with van der Waals surface area (Å²) in [5, 5.41) is 2.54. The second-order valence-corrected chi connectivity index (χ2v) is 4.36. The Bertz CT molecular complexity index is 643. The van der Waals surface area contributed by atoms with Gasteiger partial charge >= 0.3 is 6.18 Å². The summed E-state index contributed by atoms with van der Waals surface area (Å²) < 4.78 is 37.3.